The molecule has 0 saturated carbocycles. The summed E-state index contributed by atoms with van der Waals surface area (Å²) >= 11 is 0. The van der Waals surface area contributed by atoms with Crippen molar-refractivity contribution in [2.75, 3.05) is 0 Å². The van der Waals surface area contributed by atoms with Gasteiger partial charge in [0, 0.05) is 0 Å². The Morgan fingerprint density at radius 1 is 1.33 bits per heavy atom. The maximum Gasteiger partial charge on any atom is 0.321 e. The first kappa shape index (κ1) is 14.7. The van der Waals surface area contributed by atoms with Crippen LogP contribution in [0.3, 0.4) is 0 Å². The van der Waals surface area contributed by atoms with E-state index in [0.717, 1.165) is 11.1 Å². The van der Waals surface area contributed by atoms with Crippen LogP contribution in [0.15, 0.2) is 18.2 Å². The van der Waals surface area contributed by atoms with Gasteiger partial charge in [-0.1, -0.05) is 18.2 Å². The van der Waals surface area contributed by atoms with Crippen molar-refractivity contribution in [3.63, 3.8) is 0 Å². The molecule has 2 N–H and O–H groups in total. The highest BCUT2D eigenvalue weighted by Gasteiger charge is 2.21. The number of benzene rings is 1. The Labute approximate surface area is 107 Å². The monoisotopic (exact) mass is 271 g/mol. The SMILES string of the molecule is Cc1cccc(C)c1CS(=O)(=O)NC(C)C(=O)O. The molecule has 6 heteroatoms. The van der Waals surface area contributed by atoms with Crippen LogP contribution in [-0.2, 0) is 20.6 Å². The van der Waals surface area contributed by atoms with Crippen LogP contribution in [0, 0.1) is 13.8 Å². The van der Waals surface area contributed by atoms with Crippen molar-refractivity contribution in [3.05, 3.63) is 34.9 Å². The summed E-state index contributed by atoms with van der Waals surface area (Å²) in [5.41, 5.74) is 2.47. The van der Waals surface area contributed by atoms with Gasteiger partial charge in [0.1, 0.15) is 6.04 Å². The van der Waals surface area contributed by atoms with Crippen molar-refractivity contribution in [2.24, 2.45) is 0 Å². The minimum Gasteiger partial charge on any atom is -0.480 e. The van der Waals surface area contributed by atoms with Crippen LogP contribution in [0.25, 0.3) is 0 Å². The molecular formula is C12H17NO4S. The van der Waals surface area contributed by atoms with E-state index in [2.05, 4.69) is 4.72 Å². The molecule has 100 valence electrons. The Morgan fingerprint density at radius 3 is 2.28 bits per heavy atom. The van der Waals surface area contributed by atoms with Gasteiger partial charge < -0.3 is 5.11 Å². The number of carbonyl (C=O) groups is 1. The molecule has 0 fully saturated rings. The fourth-order valence-electron chi connectivity index (χ4n) is 1.63. The van der Waals surface area contributed by atoms with E-state index in [0.29, 0.717) is 5.56 Å². The number of hydrogen-bond donors (Lipinski definition) is 2. The summed E-state index contributed by atoms with van der Waals surface area (Å²) in [6.45, 7) is 4.96. The third-order valence-electron chi connectivity index (χ3n) is 2.71. The molecule has 0 spiro atoms. The molecule has 0 heterocycles. The first-order valence-corrected chi connectivity index (χ1v) is 7.16. The lowest BCUT2D eigenvalue weighted by Gasteiger charge is -2.13. The summed E-state index contributed by atoms with van der Waals surface area (Å²) in [5, 5.41) is 8.69. The van der Waals surface area contributed by atoms with E-state index in [4.69, 9.17) is 5.11 Å². The molecular weight excluding hydrogens is 254 g/mol. The summed E-state index contributed by atoms with van der Waals surface area (Å²) in [4.78, 5) is 10.6. The average Bonchev–Trinajstić information content (AvgIpc) is 2.23. The second-order valence-corrected chi connectivity index (χ2v) is 6.06. The van der Waals surface area contributed by atoms with Gasteiger partial charge in [0.2, 0.25) is 10.0 Å². The molecule has 1 rings (SSSR count). The lowest BCUT2D eigenvalue weighted by Crippen LogP contribution is -2.39. The van der Waals surface area contributed by atoms with Crippen molar-refractivity contribution >= 4 is 16.0 Å². The van der Waals surface area contributed by atoms with Gasteiger partial charge in [0.15, 0.2) is 0 Å². The number of hydrogen-bond acceptors (Lipinski definition) is 3. The molecule has 0 radical (unpaired) electrons. The fraction of sp³-hybridized carbons (Fsp3) is 0.417. The van der Waals surface area contributed by atoms with Crippen LogP contribution in [0.4, 0.5) is 0 Å². The maximum absolute atomic E-state index is 11.8. The third-order valence-corrected chi connectivity index (χ3v) is 4.09. The highest BCUT2D eigenvalue weighted by molar-refractivity contribution is 7.88. The standard InChI is InChI=1S/C12H17NO4S/c1-8-5-4-6-9(2)11(8)7-18(16,17)13-10(3)12(14)15/h4-6,10,13H,7H2,1-3H3,(H,14,15). The predicted molar refractivity (Wildman–Crippen MR) is 68.8 cm³/mol. The molecule has 0 amide bonds. The molecule has 0 aliphatic rings. The summed E-state index contributed by atoms with van der Waals surface area (Å²) in [7, 11) is -3.65. The fourth-order valence-corrected chi connectivity index (χ4v) is 3.19. The van der Waals surface area contributed by atoms with Crippen molar-refractivity contribution < 1.29 is 18.3 Å². The summed E-state index contributed by atoms with van der Waals surface area (Å²) in [5.74, 6) is -1.40. The van der Waals surface area contributed by atoms with Gasteiger partial charge in [-0.2, -0.15) is 0 Å². The highest BCUT2D eigenvalue weighted by atomic mass is 32.2. The average molecular weight is 271 g/mol. The Kier molecular flexibility index (Phi) is 4.48. The number of carboxylic acid groups (broad SMARTS) is 1. The van der Waals surface area contributed by atoms with E-state index in [9.17, 15) is 13.2 Å². The molecule has 0 aliphatic carbocycles. The van der Waals surface area contributed by atoms with Gasteiger partial charge in [0.25, 0.3) is 0 Å². The first-order chi connectivity index (χ1) is 8.23. The minimum absolute atomic E-state index is 0.205. The van der Waals surface area contributed by atoms with E-state index in [-0.39, 0.29) is 5.75 Å². The van der Waals surface area contributed by atoms with Gasteiger partial charge in [0.05, 0.1) is 5.75 Å². The molecule has 1 aromatic rings. The topological polar surface area (TPSA) is 83.5 Å². The van der Waals surface area contributed by atoms with Gasteiger partial charge in [-0.05, 0) is 37.5 Å². The van der Waals surface area contributed by atoms with Crippen LogP contribution in [0.1, 0.15) is 23.6 Å². The van der Waals surface area contributed by atoms with Crippen LogP contribution >= 0.6 is 0 Å². The zero-order chi connectivity index (χ0) is 13.9. The first-order valence-electron chi connectivity index (χ1n) is 5.51. The number of aryl methyl sites for hydroxylation is 2. The van der Waals surface area contributed by atoms with Crippen molar-refractivity contribution in [1.29, 1.82) is 0 Å². The molecule has 0 bridgehead atoms. The van der Waals surface area contributed by atoms with Crippen LogP contribution in [0.2, 0.25) is 0 Å². The Balaban J connectivity index is 2.93. The Morgan fingerprint density at radius 2 is 1.83 bits per heavy atom. The number of aliphatic carboxylic acids is 1. The van der Waals surface area contributed by atoms with E-state index < -0.39 is 22.0 Å². The maximum atomic E-state index is 11.8. The molecule has 18 heavy (non-hydrogen) atoms. The second kappa shape index (κ2) is 5.49. The zero-order valence-electron chi connectivity index (χ0n) is 10.6. The number of nitrogens with one attached hydrogen (secondary N) is 1. The molecule has 5 nitrogen and oxygen atoms in total. The van der Waals surface area contributed by atoms with Crippen molar-refractivity contribution in [1.82, 2.24) is 4.72 Å². The Hall–Kier alpha value is -1.40. The van der Waals surface area contributed by atoms with E-state index in [1.807, 2.05) is 32.0 Å². The lowest BCUT2D eigenvalue weighted by molar-refractivity contribution is -0.138. The summed E-state index contributed by atoms with van der Waals surface area (Å²) in [6.07, 6.45) is 0. The molecule has 0 aromatic heterocycles. The van der Waals surface area contributed by atoms with Crippen molar-refractivity contribution in [3.8, 4) is 0 Å². The van der Waals surface area contributed by atoms with E-state index >= 15 is 0 Å². The van der Waals surface area contributed by atoms with Crippen LogP contribution < -0.4 is 4.72 Å². The molecule has 0 saturated heterocycles. The van der Waals surface area contributed by atoms with Crippen LogP contribution in [0.5, 0.6) is 0 Å². The van der Waals surface area contributed by atoms with Gasteiger partial charge in [-0.15, -0.1) is 0 Å². The summed E-state index contributed by atoms with van der Waals surface area (Å²) in [6, 6.07) is 4.39. The Bertz CT molecular complexity index is 531. The summed E-state index contributed by atoms with van der Waals surface area (Å²) < 4.78 is 25.8. The van der Waals surface area contributed by atoms with E-state index in [1.165, 1.54) is 6.92 Å². The molecule has 1 unspecified atom stereocenters. The van der Waals surface area contributed by atoms with Crippen molar-refractivity contribution in [2.45, 2.75) is 32.6 Å². The number of rotatable bonds is 5. The lowest BCUT2D eigenvalue weighted by atomic mass is 10.1. The normalized spacial score (nSPS) is 13.3. The van der Waals surface area contributed by atoms with Crippen LogP contribution in [-0.4, -0.2) is 25.5 Å². The molecule has 1 aromatic carbocycles. The zero-order valence-corrected chi connectivity index (χ0v) is 11.4. The molecule has 1 atom stereocenters. The smallest absolute Gasteiger partial charge is 0.321 e. The van der Waals surface area contributed by atoms with Gasteiger partial charge >= 0.3 is 5.97 Å². The number of sulfonamides is 1. The second-order valence-electron chi connectivity index (χ2n) is 4.31. The predicted octanol–water partition coefficient (Wildman–Crippen LogP) is 1.20. The molecule has 0 aliphatic heterocycles. The minimum atomic E-state index is -3.65. The largest absolute Gasteiger partial charge is 0.480 e. The number of carboxylic acids is 1. The third kappa shape index (κ3) is 3.82. The van der Waals surface area contributed by atoms with Gasteiger partial charge in [-0.3, -0.25) is 4.79 Å². The van der Waals surface area contributed by atoms with E-state index in [1.54, 1.807) is 0 Å². The van der Waals surface area contributed by atoms with Gasteiger partial charge in [-0.25, -0.2) is 13.1 Å². The quantitative estimate of drug-likeness (QED) is 0.842. The highest BCUT2D eigenvalue weighted by Crippen LogP contribution is 2.16.